The third kappa shape index (κ3) is 3.21. The van der Waals surface area contributed by atoms with Crippen molar-refractivity contribution >= 4 is 5.78 Å². The van der Waals surface area contributed by atoms with Gasteiger partial charge in [0.25, 0.3) is 0 Å². The van der Waals surface area contributed by atoms with Crippen molar-refractivity contribution in [3.8, 4) is 0 Å². The Morgan fingerprint density at radius 3 is 2.42 bits per heavy atom. The molecule has 0 bridgehead atoms. The van der Waals surface area contributed by atoms with Gasteiger partial charge in [0, 0.05) is 18.6 Å². The minimum Gasteiger partial charge on any atom is -0.378 e. The van der Waals surface area contributed by atoms with Crippen LogP contribution < -0.4 is 0 Å². The zero-order valence-electron chi connectivity index (χ0n) is 11.8. The molecule has 0 heterocycles. The van der Waals surface area contributed by atoms with Crippen LogP contribution in [-0.2, 0) is 4.74 Å². The second-order valence-electron chi connectivity index (χ2n) is 5.46. The summed E-state index contributed by atoms with van der Waals surface area (Å²) in [5.74, 6) is 0.287. The number of rotatable bonds is 5. The van der Waals surface area contributed by atoms with Gasteiger partial charge in [-0.1, -0.05) is 0 Å². The molecule has 0 amide bonds. The summed E-state index contributed by atoms with van der Waals surface area (Å²) in [6.07, 6.45) is 2.83. The summed E-state index contributed by atoms with van der Waals surface area (Å²) in [4.78, 5) is 12.3. The summed E-state index contributed by atoms with van der Waals surface area (Å²) in [6.45, 7) is 6.32. The van der Waals surface area contributed by atoms with Crippen LogP contribution in [0.3, 0.4) is 0 Å². The zero-order valence-corrected chi connectivity index (χ0v) is 11.8. The van der Waals surface area contributed by atoms with E-state index in [-0.39, 0.29) is 11.6 Å². The molecule has 0 unspecified atom stereocenters. The highest BCUT2D eigenvalue weighted by Crippen LogP contribution is 2.34. The molecular formula is C16H21FO2. The summed E-state index contributed by atoms with van der Waals surface area (Å²) in [5, 5.41) is 0. The van der Waals surface area contributed by atoms with E-state index < -0.39 is 0 Å². The maximum atomic E-state index is 13.2. The second kappa shape index (κ2) is 5.83. The first kappa shape index (κ1) is 14.2. The molecule has 0 radical (unpaired) electrons. The molecule has 0 aliphatic heterocycles. The van der Waals surface area contributed by atoms with Gasteiger partial charge in [0.1, 0.15) is 5.82 Å². The van der Waals surface area contributed by atoms with E-state index in [9.17, 15) is 9.18 Å². The Bertz CT molecular complexity index is 453. The third-order valence-electron chi connectivity index (χ3n) is 3.85. The highest BCUT2D eigenvalue weighted by Gasteiger charge is 2.31. The Morgan fingerprint density at radius 2 is 1.89 bits per heavy atom. The standard InChI is InChI=1S/C16H21FO2/c1-4-19-14-7-12(8-14)9-15(18)16-10(2)5-13(17)6-11(16)3/h5-6,12,14H,4,7-9H2,1-3H3. The molecule has 0 spiro atoms. The fourth-order valence-electron chi connectivity index (χ4n) is 2.93. The molecule has 0 saturated heterocycles. The molecule has 0 N–H and O–H groups in total. The molecule has 2 rings (SSSR count). The van der Waals surface area contributed by atoms with Crippen molar-refractivity contribution in [2.45, 2.75) is 46.1 Å². The van der Waals surface area contributed by atoms with Crippen LogP contribution in [0.15, 0.2) is 12.1 Å². The van der Waals surface area contributed by atoms with Crippen molar-refractivity contribution in [2.24, 2.45) is 5.92 Å². The topological polar surface area (TPSA) is 26.3 Å². The van der Waals surface area contributed by atoms with Crippen LogP contribution in [0, 0.1) is 25.6 Å². The van der Waals surface area contributed by atoms with Crippen LogP contribution >= 0.6 is 0 Å². The molecule has 104 valence electrons. The lowest BCUT2D eigenvalue weighted by atomic mass is 9.77. The van der Waals surface area contributed by atoms with E-state index in [2.05, 4.69) is 0 Å². The van der Waals surface area contributed by atoms with Gasteiger partial charge in [-0.15, -0.1) is 0 Å². The van der Waals surface area contributed by atoms with Crippen LogP contribution in [0.5, 0.6) is 0 Å². The van der Waals surface area contributed by atoms with Crippen molar-refractivity contribution in [1.82, 2.24) is 0 Å². The minimum atomic E-state index is -0.272. The summed E-state index contributed by atoms with van der Waals surface area (Å²) in [5.41, 5.74) is 2.17. The Morgan fingerprint density at radius 1 is 1.32 bits per heavy atom. The molecule has 1 aliphatic rings. The van der Waals surface area contributed by atoms with Gasteiger partial charge in [0.05, 0.1) is 6.10 Å². The molecule has 1 aliphatic carbocycles. The Balaban J connectivity index is 1.98. The fourth-order valence-corrected chi connectivity index (χ4v) is 2.93. The van der Waals surface area contributed by atoms with E-state index in [1.807, 2.05) is 6.92 Å². The van der Waals surface area contributed by atoms with Crippen molar-refractivity contribution in [1.29, 1.82) is 0 Å². The molecule has 3 heteroatoms. The van der Waals surface area contributed by atoms with Crippen LogP contribution in [-0.4, -0.2) is 18.5 Å². The average Bonchev–Trinajstić information content (AvgIpc) is 2.24. The number of carbonyl (C=O) groups excluding carboxylic acids is 1. The molecule has 1 fully saturated rings. The van der Waals surface area contributed by atoms with E-state index in [1.54, 1.807) is 13.8 Å². The van der Waals surface area contributed by atoms with Crippen LogP contribution in [0.2, 0.25) is 0 Å². The lowest BCUT2D eigenvalue weighted by Crippen LogP contribution is -2.32. The molecule has 0 aromatic heterocycles. The lowest BCUT2D eigenvalue weighted by Gasteiger charge is -2.34. The van der Waals surface area contributed by atoms with Gasteiger partial charge in [-0.05, 0) is 62.8 Å². The SMILES string of the molecule is CCOC1CC(CC(=O)c2c(C)cc(F)cc2C)C1. The number of hydrogen-bond acceptors (Lipinski definition) is 2. The Hall–Kier alpha value is -1.22. The molecule has 19 heavy (non-hydrogen) atoms. The third-order valence-corrected chi connectivity index (χ3v) is 3.85. The van der Waals surface area contributed by atoms with Crippen LogP contribution in [0.25, 0.3) is 0 Å². The molecule has 0 atom stereocenters. The van der Waals surface area contributed by atoms with Crippen LogP contribution in [0.1, 0.15) is 47.7 Å². The molecule has 1 saturated carbocycles. The van der Waals surface area contributed by atoms with Gasteiger partial charge in [-0.3, -0.25) is 4.79 Å². The quantitative estimate of drug-likeness (QED) is 0.755. The summed E-state index contributed by atoms with van der Waals surface area (Å²) >= 11 is 0. The first-order chi connectivity index (χ1) is 9.01. The van der Waals surface area contributed by atoms with Gasteiger partial charge in [0.2, 0.25) is 0 Å². The fraction of sp³-hybridized carbons (Fsp3) is 0.562. The lowest BCUT2D eigenvalue weighted by molar-refractivity contribution is -0.0246. The average molecular weight is 264 g/mol. The highest BCUT2D eigenvalue weighted by atomic mass is 19.1. The second-order valence-corrected chi connectivity index (χ2v) is 5.46. The first-order valence-electron chi connectivity index (χ1n) is 6.92. The van der Waals surface area contributed by atoms with Crippen molar-refractivity contribution in [3.63, 3.8) is 0 Å². The number of carbonyl (C=O) groups is 1. The number of aryl methyl sites for hydroxylation is 2. The number of halogens is 1. The van der Waals surface area contributed by atoms with Crippen molar-refractivity contribution in [3.05, 3.63) is 34.6 Å². The smallest absolute Gasteiger partial charge is 0.163 e. The summed E-state index contributed by atoms with van der Waals surface area (Å²) in [6, 6.07) is 2.87. The minimum absolute atomic E-state index is 0.134. The van der Waals surface area contributed by atoms with E-state index in [4.69, 9.17) is 4.74 Å². The summed E-state index contributed by atoms with van der Waals surface area (Å²) < 4.78 is 18.7. The number of ketones is 1. The van der Waals surface area contributed by atoms with Crippen molar-refractivity contribution in [2.75, 3.05) is 6.61 Å². The van der Waals surface area contributed by atoms with Crippen LogP contribution in [0.4, 0.5) is 4.39 Å². The van der Waals surface area contributed by atoms with E-state index in [0.29, 0.717) is 24.0 Å². The predicted molar refractivity (Wildman–Crippen MR) is 73.0 cm³/mol. The predicted octanol–water partition coefficient (Wildman–Crippen LogP) is 3.83. The van der Waals surface area contributed by atoms with Crippen molar-refractivity contribution < 1.29 is 13.9 Å². The molecular weight excluding hydrogens is 243 g/mol. The zero-order chi connectivity index (χ0) is 14.0. The largest absolute Gasteiger partial charge is 0.378 e. The number of benzene rings is 1. The maximum Gasteiger partial charge on any atom is 0.163 e. The van der Waals surface area contributed by atoms with Gasteiger partial charge >= 0.3 is 0 Å². The van der Waals surface area contributed by atoms with Gasteiger partial charge in [-0.2, -0.15) is 0 Å². The Labute approximate surface area is 114 Å². The Kier molecular flexibility index (Phi) is 4.35. The number of Topliss-reactive ketones (excluding diaryl/α,β-unsaturated/α-hetero) is 1. The molecule has 2 nitrogen and oxygen atoms in total. The normalized spacial score (nSPS) is 22.1. The highest BCUT2D eigenvalue weighted by molar-refractivity contribution is 5.99. The first-order valence-corrected chi connectivity index (χ1v) is 6.92. The molecule has 1 aromatic rings. The monoisotopic (exact) mass is 264 g/mol. The van der Waals surface area contributed by atoms with E-state index >= 15 is 0 Å². The van der Waals surface area contributed by atoms with Gasteiger partial charge in [-0.25, -0.2) is 4.39 Å². The van der Waals surface area contributed by atoms with E-state index in [1.165, 1.54) is 12.1 Å². The molecule has 1 aromatic carbocycles. The van der Waals surface area contributed by atoms with E-state index in [0.717, 1.165) is 30.6 Å². The number of hydrogen-bond donors (Lipinski definition) is 0. The number of ether oxygens (including phenoxy) is 1. The van der Waals surface area contributed by atoms with Gasteiger partial charge < -0.3 is 4.74 Å². The van der Waals surface area contributed by atoms with Gasteiger partial charge in [0.15, 0.2) is 5.78 Å². The summed E-state index contributed by atoms with van der Waals surface area (Å²) in [7, 11) is 0. The maximum absolute atomic E-state index is 13.2.